The predicted octanol–water partition coefficient (Wildman–Crippen LogP) is 3.61. The van der Waals surface area contributed by atoms with E-state index in [4.69, 9.17) is 21.8 Å². The molecular formula is C14H11ClN2O. The van der Waals surface area contributed by atoms with Gasteiger partial charge < -0.3 is 10.2 Å². The third-order valence-corrected chi connectivity index (χ3v) is 3.05. The van der Waals surface area contributed by atoms with Gasteiger partial charge in [0.25, 0.3) is 0 Å². The molecule has 0 fully saturated rings. The number of nitrogens with zero attached hydrogens (tertiary/aromatic N) is 1. The van der Waals surface area contributed by atoms with Crippen LogP contribution in [0, 0.1) is 0 Å². The van der Waals surface area contributed by atoms with Gasteiger partial charge in [-0.25, -0.2) is 4.98 Å². The van der Waals surface area contributed by atoms with Crippen LogP contribution in [-0.2, 0) is 6.54 Å². The summed E-state index contributed by atoms with van der Waals surface area (Å²) >= 11 is 6.21. The van der Waals surface area contributed by atoms with E-state index in [9.17, 15) is 0 Å². The summed E-state index contributed by atoms with van der Waals surface area (Å²) in [6.45, 7) is 0.270. The number of halogens is 1. The molecule has 4 heteroatoms. The highest BCUT2D eigenvalue weighted by Gasteiger charge is 2.10. The molecule has 0 bridgehead atoms. The van der Waals surface area contributed by atoms with E-state index in [-0.39, 0.29) is 6.54 Å². The molecule has 0 saturated carbocycles. The van der Waals surface area contributed by atoms with Gasteiger partial charge in [0.05, 0.1) is 11.6 Å². The maximum Gasteiger partial charge on any atom is 0.209 e. The number of hydrogen-bond donors (Lipinski definition) is 1. The molecule has 3 nitrogen and oxygen atoms in total. The van der Waals surface area contributed by atoms with Crippen LogP contribution in [-0.4, -0.2) is 4.98 Å². The zero-order valence-electron chi connectivity index (χ0n) is 9.56. The van der Waals surface area contributed by atoms with Crippen LogP contribution in [0.5, 0.6) is 0 Å². The number of nitrogens with two attached hydrogens (primary N) is 1. The van der Waals surface area contributed by atoms with E-state index in [1.54, 1.807) is 0 Å². The Kier molecular flexibility index (Phi) is 2.78. The highest BCUT2D eigenvalue weighted by molar-refractivity contribution is 6.35. The Morgan fingerprint density at radius 3 is 2.61 bits per heavy atom. The van der Waals surface area contributed by atoms with Gasteiger partial charge in [0.1, 0.15) is 5.52 Å². The Balaban J connectivity index is 2.21. The van der Waals surface area contributed by atoms with Gasteiger partial charge in [0.2, 0.25) is 5.89 Å². The van der Waals surface area contributed by atoms with E-state index >= 15 is 0 Å². The number of hydrogen-bond acceptors (Lipinski definition) is 3. The summed E-state index contributed by atoms with van der Waals surface area (Å²) in [5, 5.41) is 0.554. The second-order valence-electron chi connectivity index (χ2n) is 3.98. The molecule has 0 aliphatic heterocycles. The topological polar surface area (TPSA) is 52.0 Å². The summed E-state index contributed by atoms with van der Waals surface area (Å²) in [6.07, 6.45) is 0. The quantitative estimate of drug-likeness (QED) is 0.764. The molecule has 3 aromatic rings. The molecule has 0 unspecified atom stereocenters. The lowest BCUT2D eigenvalue weighted by Crippen LogP contribution is -1.94. The maximum absolute atomic E-state index is 6.21. The molecule has 0 aliphatic rings. The van der Waals surface area contributed by atoms with Crippen LogP contribution in [0.2, 0.25) is 5.02 Å². The zero-order chi connectivity index (χ0) is 12.5. The number of aromatic nitrogens is 1. The molecule has 0 atom stereocenters. The van der Waals surface area contributed by atoms with Gasteiger partial charge in [-0.15, -0.1) is 0 Å². The van der Waals surface area contributed by atoms with Crippen molar-refractivity contribution in [2.24, 2.45) is 5.73 Å². The first-order valence-electron chi connectivity index (χ1n) is 5.62. The first-order chi connectivity index (χ1) is 8.78. The smallest absolute Gasteiger partial charge is 0.209 e. The van der Waals surface area contributed by atoms with Crippen LogP contribution in [0.3, 0.4) is 0 Å². The fraction of sp³-hybridized carbons (Fsp3) is 0.0714. The monoisotopic (exact) mass is 258 g/mol. The summed E-state index contributed by atoms with van der Waals surface area (Å²) < 4.78 is 5.47. The Morgan fingerprint density at radius 1 is 1.11 bits per heavy atom. The molecule has 90 valence electrons. The minimum absolute atomic E-state index is 0.270. The number of oxazole rings is 1. The van der Waals surface area contributed by atoms with E-state index in [1.807, 2.05) is 42.5 Å². The molecule has 1 aromatic heterocycles. The van der Waals surface area contributed by atoms with Crippen LogP contribution in [0.25, 0.3) is 22.2 Å². The molecule has 0 radical (unpaired) electrons. The minimum Gasteiger partial charge on any atom is -0.438 e. The van der Waals surface area contributed by atoms with Crippen molar-refractivity contribution in [1.29, 1.82) is 0 Å². The van der Waals surface area contributed by atoms with Crippen molar-refractivity contribution in [2.75, 3.05) is 0 Å². The second-order valence-corrected chi connectivity index (χ2v) is 4.39. The first kappa shape index (κ1) is 11.3. The summed E-state index contributed by atoms with van der Waals surface area (Å²) in [7, 11) is 0. The highest BCUT2D eigenvalue weighted by Crippen LogP contribution is 2.31. The zero-order valence-corrected chi connectivity index (χ0v) is 10.3. The van der Waals surface area contributed by atoms with Crippen molar-refractivity contribution < 1.29 is 4.42 Å². The molecule has 3 rings (SSSR count). The summed E-state index contributed by atoms with van der Waals surface area (Å²) in [5.41, 5.74) is 8.96. The third kappa shape index (κ3) is 1.88. The fourth-order valence-electron chi connectivity index (χ4n) is 1.92. The Bertz CT molecular complexity index is 692. The van der Waals surface area contributed by atoms with Crippen molar-refractivity contribution in [3.05, 3.63) is 53.4 Å². The van der Waals surface area contributed by atoms with Crippen LogP contribution in [0.4, 0.5) is 0 Å². The molecule has 1 heterocycles. The number of benzene rings is 2. The average Bonchev–Trinajstić information content (AvgIpc) is 2.83. The van der Waals surface area contributed by atoms with Gasteiger partial charge in [-0.1, -0.05) is 41.9 Å². The molecule has 0 aliphatic carbocycles. The van der Waals surface area contributed by atoms with Crippen molar-refractivity contribution in [2.45, 2.75) is 6.54 Å². The fourth-order valence-corrected chi connectivity index (χ4v) is 2.18. The van der Waals surface area contributed by atoms with Crippen LogP contribution in [0.1, 0.15) is 5.89 Å². The largest absolute Gasteiger partial charge is 0.438 e. The third-order valence-electron chi connectivity index (χ3n) is 2.77. The molecule has 18 heavy (non-hydrogen) atoms. The van der Waals surface area contributed by atoms with E-state index in [1.165, 1.54) is 0 Å². The molecule has 0 spiro atoms. The van der Waals surface area contributed by atoms with E-state index < -0.39 is 0 Å². The van der Waals surface area contributed by atoms with Gasteiger partial charge in [-0.2, -0.15) is 0 Å². The van der Waals surface area contributed by atoms with Crippen molar-refractivity contribution in [3.8, 4) is 11.1 Å². The molecule has 2 N–H and O–H groups in total. The number of rotatable bonds is 2. The van der Waals surface area contributed by atoms with E-state index in [0.29, 0.717) is 16.5 Å². The standard InChI is InChI=1S/C14H11ClN2O/c15-11-6-10(9-4-2-1-3-5-9)7-12-14(11)18-13(8-16)17-12/h1-7H,8,16H2. The lowest BCUT2D eigenvalue weighted by molar-refractivity contribution is 0.533. The number of fused-ring (bicyclic) bond motifs is 1. The predicted molar refractivity (Wildman–Crippen MR) is 72.3 cm³/mol. The van der Waals surface area contributed by atoms with Crippen LogP contribution < -0.4 is 5.73 Å². The van der Waals surface area contributed by atoms with Gasteiger partial charge in [-0.05, 0) is 23.3 Å². The minimum atomic E-state index is 0.270. The lowest BCUT2D eigenvalue weighted by Gasteiger charge is -2.01. The first-order valence-corrected chi connectivity index (χ1v) is 6.00. The summed E-state index contributed by atoms with van der Waals surface area (Å²) in [5.74, 6) is 0.497. The summed E-state index contributed by atoms with van der Waals surface area (Å²) in [6, 6.07) is 13.8. The Morgan fingerprint density at radius 2 is 1.89 bits per heavy atom. The van der Waals surface area contributed by atoms with Crippen molar-refractivity contribution in [1.82, 2.24) is 4.98 Å². The van der Waals surface area contributed by atoms with E-state index in [2.05, 4.69) is 4.98 Å². The van der Waals surface area contributed by atoms with Gasteiger partial charge in [0, 0.05) is 0 Å². The molecule has 0 amide bonds. The average molecular weight is 259 g/mol. The maximum atomic E-state index is 6.21. The molecule has 0 saturated heterocycles. The molecule has 2 aromatic carbocycles. The highest BCUT2D eigenvalue weighted by atomic mass is 35.5. The van der Waals surface area contributed by atoms with E-state index in [0.717, 1.165) is 16.6 Å². The molecular weight excluding hydrogens is 248 g/mol. The van der Waals surface area contributed by atoms with Crippen LogP contribution in [0.15, 0.2) is 46.9 Å². The van der Waals surface area contributed by atoms with Crippen molar-refractivity contribution >= 4 is 22.7 Å². The van der Waals surface area contributed by atoms with Gasteiger partial charge >= 0.3 is 0 Å². The van der Waals surface area contributed by atoms with Gasteiger partial charge in [-0.3, -0.25) is 0 Å². The Labute approximate surface area is 109 Å². The lowest BCUT2D eigenvalue weighted by atomic mass is 10.1. The normalized spacial score (nSPS) is 11.0. The van der Waals surface area contributed by atoms with Crippen LogP contribution >= 0.6 is 11.6 Å². The van der Waals surface area contributed by atoms with Gasteiger partial charge in [0.15, 0.2) is 5.58 Å². The van der Waals surface area contributed by atoms with Crippen molar-refractivity contribution in [3.63, 3.8) is 0 Å². The second kappa shape index (κ2) is 4.44. The summed E-state index contributed by atoms with van der Waals surface area (Å²) in [4.78, 5) is 4.30. The SMILES string of the molecule is NCc1nc2cc(-c3ccccc3)cc(Cl)c2o1. The Hall–Kier alpha value is -1.84.